The molecule has 0 aliphatic carbocycles. The first kappa shape index (κ1) is 28.2. The van der Waals surface area contributed by atoms with E-state index in [0.29, 0.717) is 18.0 Å². The number of rotatable bonds is 12. The van der Waals surface area contributed by atoms with Gasteiger partial charge in [0.25, 0.3) is 15.9 Å². The highest BCUT2D eigenvalue weighted by molar-refractivity contribution is 7.92. The molecule has 0 unspecified atom stereocenters. The maximum absolute atomic E-state index is 13.7. The first-order chi connectivity index (χ1) is 18.9. The van der Waals surface area contributed by atoms with E-state index < -0.39 is 10.0 Å². The first-order valence-corrected chi connectivity index (χ1v) is 14.4. The summed E-state index contributed by atoms with van der Waals surface area (Å²) in [5, 5.41) is 3.03. The van der Waals surface area contributed by atoms with Gasteiger partial charge in [-0.25, -0.2) is 8.42 Å². The lowest BCUT2D eigenvalue weighted by molar-refractivity contribution is 0.0937. The van der Waals surface area contributed by atoms with Crippen LogP contribution >= 0.6 is 0 Å². The third-order valence-electron chi connectivity index (χ3n) is 6.87. The van der Waals surface area contributed by atoms with E-state index in [1.807, 2.05) is 24.3 Å². The van der Waals surface area contributed by atoms with Crippen molar-refractivity contribution in [2.45, 2.75) is 23.8 Å². The van der Waals surface area contributed by atoms with E-state index >= 15 is 0 Å². The summed E-state index contributed by atoms with van der Waals surface area (Å²) < 4.78 is 39.3. The summed E-state index contributed by atoms with van der Waals surface area (Å²) in [6.45, 7) is 6.08. The molecule has 1 aliphatic rings. The van der Waals surface area contributed by atoms with Gasteiger partial charge in [-0.3, -0.25) is 14.0 Å². The zero-order valence-corrected chi connectivity index (χ0v) is 23.2. The highest BCUT2D eigenvalue weighted by Gasteiger charge is 2.28. The van der Waals surface area contributed by atoms with Crippen molar-refractivity contribution < 1.29 is 22.7 Å². The molecule has 0 spiro atoms. The van der Waals surface area contributed by atoms with E-state index in [4.69, 9.17) is 9.47 Å². The smallest absolute Gasteiger partial charge is 0.264 e. The van der Waals surface area contributed by atoms with E-state index in [1.54, 1.807) is 43.5 Å². The summed E-state index contributed by atoms with van der Waals surface area (Å²) in [6.07, 6.45) is 3.75. The molecule has 3 aromatic carbocycles. The van der Waals surface area contributed by atoms with Crippen LogP contribution in [0.5, 0.6) is 11.5 Å². The summed E-state index contributed by atoms with van der Waals surface area (Å²) in [6, 6.07) is 20.9. The minimum Gasteiger partial charge on any atom is -0.497 e. The molecule has 1 atom stereocenters. The van der Waals surface area contributed by atoms with Crippen molar-refractivity contribution in [3.8, 4) is 11.5 Å². The number of carbonyl (C=O) groups excluding carboxylic acids is 1. The summed E-state index contributed by atoms with van der Waals surface area (Å²) >= 11 is 0. The predicted octanol–water partition coefficient (Wildman–Crippen LogP) is 4.65. The largest absolute Gasteiger partial charge is 0.497 e. The molecule has 0 radical (unpaired) electrons. The molecule has 3 aromatic rings. The number of nitrogens with zero attached hydrogens (tertiary/aromatic N) is 2. The van der Waals surface area contributed by atoms with E-state index in [-0.39, 0.29) is 29.0 Å². The molecule has 0 saturated carbocycles. The van der Waals surface area contributed by atoms with E-state index in [9.17, 15) is 13.2 Å². The number of para-hydroxylation sites is 2. The Balaban J connectivity index is 1.56. The van der Waals surface area contributed by atoms with Crippen LogP contribution in [0.2, 0.25) is 0 Å². The minimum absolute atomic E-state index is 0.00269. The number of likely N-dealkylation sites (tertiary alicyclic amines) is 1. The molecule has 1 amide bonds. The number of benzene rings is 3. The quantitative estimate of drug-likeness (QED) is 0.331. The van der Waals surface area contributed by atoms with Crippen LogP contribution in [0.15, 0.2) is 90.3 Å². The molecule has 1 fully saturated rings. The lowest BCUT2D eigenvalue weighted by Crippen LogP contribution is -2.37. The lowest BCUT2D eigenvalue weighted by Gasteiger charge is -2.28. The summed E-state index contributed by atoms with van der Waals surface area (Å²) in [5.74, 6) is 0.861. The van der Waals surface area contributed by atoms with Crippen LogP contribution in [0.3, 0.4) is 0 Å². The van der Waals surface area contributed by atoms with Crippen molar-refractivity contribution >= 4 is 21.6 Å². The van der Waals surface area contributed by atoms with Crippen LogP contribution in [-0.2, 0) is 10.0 Å². The first-order valence-electron chi connectivity index (χ1n) is 12.9. The Bertz CT molecular complexity index is 1390. The van der Waals surface area contributed by atoms with Gasteiger partial charge >= 0.3 is 0 Å². The van der Waals surface area contributed by atoms with Crippen LogP contribution < -0.4 is 19.1 Å². The summed E-state index contributed by atoms with van der Waals surface area (Å²) in [4.78, 5) is 15.6. The Morgan fingerprint density at radius 2 is 1.74 bits per heavy atom. The fraction of sp³-hybridized carbons (Fsp3) is 0.300. The Morgan fingerprint density at radius 3 is 2.41 bits per heavy atom. The Kier molecular flexibility index (Phi) is 9.27. The molecule has 1 aliphatic heterocycles. The molecule has 0 bridgehead atoms. The van der Waals surface area contributed by atoms with Gasteiger partial charge in [-0.2, -0.15) is 0 Å². The number of nitrogens with one attached hydrogen (secondary N) is 1. The number of hydrogen-bond donors (Lipinski definition) is 1. The molecule has 8 nitrogen and oxygen atoms in total. The number of methoxy groups -OCH3 is 2. The molecule has 39 heavy (non-hydrogen) atoms. The monoisotopic (exact) mass is 549 g/mol. The fourth-order valence-corrected chi connectivity index (χ4v) is 6.32. The number of hydrogen-bond acceptors (Lipinski definition) is 6. The Hall–Kier alpha value is -3.82. The molecule has 4 rings (SSSR count). The Morgan fingerprint density at radius 1 is 1.03 bits per heavy atom. The van der Waals surface area contributed by atoms with Crippen LogP contribution in [-0.4, -0.2) is 59.6 Å². The van der Waals surface area contributed by atoms with Crippen molar-refractivity contribution in [2.24, 2.45) is 0 Å². The summed E-state index contributed by atoms with van der Waals surface area (Å²) in [5.41, 5.74) is 1.75. The van der Waals surface area contributed by atoms with Gasteiger partial charge in [-0.05, 0) is 74.0 Å². The highest BCUT2D eigenvalue weighted by Crippen LogP contribution is 2.32. The Labute approximate surface area is 230 Å². The van der Waals surface area contributed by atoms with E-state index in [0.717, 1.165) is 37.2 Å². The maximum atomic E-state index is 13.7. The van der Waals surface area contributed by atoms with Crippen molar-refractivity contribution in [2.75, 3.05) is 44.7 Å². The molecule has 0 aromatic heterocycles. The van der Waals surface area contributed by atoms with Crippen LogP contribution in [0.4, 0.5) is 5.69 Å². The molecule has 1 heterocycles. The van der Waals surface area contributed by atoms with Gasteiger partial charge in [-0.15, -0.1) is 6.58 Å². The molecule has 1 N–H and O–H groups in total. The summed E-state index contributed by atoms with van der Waals surface area (Å²) in [7, 11) is -0.894. The molecule has 9 heteroatoms. The van der Waals surface area contributed by atoms with Gasteiger partial charge in [0, 0.05) is 12.1 Å². The molecular formula is C30H35N3O5S. The van der Waals surface area contributed by atoms with Gasteiger partial charge in [0.05, 0.1) is 37.4 Å². The number of amides is 1. The number of anilines is 1. The second-order valence-electron chi connectivity index (χ2n) is 9.27. The van der Waals surface area contributed by atoms with Crippen molar-refractivity contribution in [3.05, 3.63) is 96.6 Å². The zero-order chi connectivity index (χ0) is 27.8. The van der Waals surface area contributed by atoms with Crippen molar-refractivity contribution in [3.63, 3.8) is 0 Å². The van der Waals surface area contributed by atoms with Crippen LogP contribution in [0, 0.1) is 0 Å². The molecule has 1 saturated heterocycles. The highest BCUT2D eigenvalue weighted by atomic mass is 32.2. The average Bonchev–Trinajstić information content (AvgIpc) is 3.51. The van der Waals surface area contributed by atoms with Gasteiger partial charge in [-0.1, -0.05) is 36.4 Å². The number of carbonyl (C=O) groups is 1. The second-order valence-corrected chi connectivity index (χ2v) is 11.1. The lowest BCUT2D eigenvalue weighted by atomic mass is 10.0. The van der Waals surface area contributed by atoms with Gasteiger partial charge < -0.3 is 14.8 Å². The number of sulfonamides is 1. The van der Waals surface area contributed by atoms with Crippen LogP contribution in [0.25, 0.3) is 0 Å². The zero-order valence-electron chi connectivity index (χ0n) is 22.4. The normalized spacial score (nSPS) is 14.4. The van der Waals surface area contributed by atoms with E-state index in [2.05, 4.69) is 16.8 Å². The SMILES string of the molecule is C=CCN(c1ccccc1OC)S(=O)(=O)c1cccc(C(=O)NC[C@@H](c2ccc(OC)cc2)N2CCCC2)c1. The average molecular weight is 550 g/mol. The fourth-order valence-electron chi connectivity index (χ4n) is 4.83. The minimum atomic E-state index is -4.02. The molecular weight excluding hydrogens is 514 g/mol. The predicted molar refractivity (Wildman–Crippen MR) is 153 cm³/mol. The maximum Gasteiger partial charge on any atom is 0.264 e. The van der Waals surface area contributed by atoms with Gasteiger partial charge in [0.15, 0.2) is 0 Å². The van der Waals surface area contributed by atoms with Gasteiger partial charge in [0.1, 0.15) is 11.5 Å². The molecule has 206 valence electrons. The third kappa shape index (κ3) is 6.43. The van der Waals surface area contributed by atoms with Crippen LogP contribution in [0.1, 0.15) is 34.8 Å². The second kappa shape index (κ2) is 12.8. The van der Waals surface area contributed by atoms with Crippen molar-refractivity contribution in [1.29, 1.82) is 0 Å². The van der Waals surface area contributed by atoms with Crippen molar-refractivity contribution in [1.82, 2.24) is 10.2 Å². The number of ether oxygens (including phenoxy) is 2. The van der Waals surface area contributed by atoms with E-state index in [1.165, 1.54) is 29.6 Å². The van der Waals surface area contributed by atoms with Gasteiger partial charge in [0.2, 0.25) is 0 Å². The standard InChI is InChI=1S/C30H35N3O5S/c1-4-18-33(27-12-5-6-13-29(27)38-3)39(35,36)26-11-9-10-24(21-26)30(34)31-22-28(32-19-7-8-20-32)23-14-16-25(37-2)17-15-23/h4-6,9-17,21,28H,1,7-8,18-20,22H2,2-3H3,(H,31,34)/t28-/m0/s1. The topological polar surface area (TPSA) is 88.2 Å². The third-order valence-corrected chi connectivity index (χ3v) is 8.65.